The molecule has 1 aromatic rings. The normalized spacial score (nSPS) is 12.3. The summed E-state index contributed by atoms with van der Waals surface area (Å²) in [5.74, 6) is -0.600. The van der Waals surface area contributed by atoms with E-state index in [1.807, 2.05) is 0 Å². The summed E-state index contributed by atoms with van der Waals surface area (Å²) < 4.78 is 23.3. The van der Waals surface area contributed by atoms with Crippen LogP contribution < -0.4 is 0 Å². The van der Waals surface area contributed by atoms with Gasteiger partial charge < -0.3 is 4.90 Å². The van der Waals surface area contributed by atoms with Gasteiger partial charge in [0.2, 0.25) is 5.78 Å². The fourth-order valence-electron chi connectivity index (χ4n) is 1.34. The van der Waals surface area contributed by atoms with E-state index >= 15 is 0 Å². The summed E-state index contributed by atoms with van der Waals surface area (Å²) in [6.45, 7) is 0. The van der Waals surface area contributed by atoms with E-state index in [9.17, 15) is 13.2 Å². The molecule has 0 aliphatic rings. The second-order valence-corrected chi connectivity index (χ2v) is 6.43. The molecule has 98 valence electrons. The van der Waals surface area contributed by atoms with E-state index in [0.717, 1.165) is 6.26 Å². The molecule has 0 radical (unpaired) electrons. The van der Waals surface area contributed by atoms with Gasteiger partial charge in [0.25, 0.3) is 0 Å². The maximum absolute atomic E-state index is 12.2. The highest BCUT2D eigenvalue weighted by Gasteiger charge is 2.23. The van der Waals surface area contributed by atoms with Gasteiger partial charge in [-0.3, -0.25) is 4.79 Å². The maximum Gasteiger partial charge on any atom is 0.207 e. The van der Waals surface area contributed by atoms with Crippen LogP contribution in [0, 0.1) is 0 Å². The molecule has 0 aromatic heterocycles. The molecule has 4 nitrogen and oxygen atoms in total. The Morgan fingerprint density at radius 2 is 1.83 bits per heavy atom. The molecule has 1 aromatic carbocycles. The van der Waals surface area contributed by atoms with Crippen LogP contribution in [0.15, 0.2) is 35.4 Å². The van der Waals surface area contributed by atoms with Gasteiger partial charge in [0.15, 0.2) is 9.84 Å². The molecule has 0 aliphatic carbocycles. The number of hydrogen-bond donors (Lipinski definition) is 0. The SMILES string of the molecule is CN(C)/C=C(\C(=O)c1ccccc1Cl)S(C)(=O)=O. The van der Waals surface area contributed by atoms with Crippen LogP contribution in [0.2, 0.25) is 5.02 Å². The molecule has 0 spiro atoms. The van der Waals surface area contributed by atoms with Crippen molar-refractivity contribution in [1.29, 1.82) is 0 Å². The Morgan fingerprint density at radius 3 is 2.28 bits per heavy atom. The smallest absolute Gasteiger partial charge is 0.207 e. The zero-order valence-corrected chi connectivity index (χ0v) is 11.9. The van der Waals surface area contributed by atoms with Crippen molar-refractivity contribution >= 4 is 27.2 Å². The Kier molecular flexibility index (Phi) is 4.53. The lowest BCUT2D eigenvalue weighted by Crippen LogP contribution is -2.17. The van der Waals surface area contributed by atoms with E-state index in [0.29, 0.717) is 0 Å². The molecule has 0 saturated heterocycles. The first-order valence-corrected chi connectivity index (χ1v) is 7.38. The molecule has 0 saturated carbocycles. The molecule has 0 aliphatic heterocycles. The van der Waals surface area contributed by atoms with E-state index in [2.05, 4.69) is 0 Å². The van der Waals surface area contributed by atoms with Crippen molar-refractivity contribution in [3.05, 3.63) is 46.0 Å². The summed E-state index contributed by atoms with van der Waals surface area (Å²) in [4.78, 5) is 13.4. The molecule has 0 heterocycles. The first-order valence-electron chi connectivity index (χ1n) is 5.11. The average molecular weight is 288 g/mol. The number of benzene rings is 1. The van der Waals surface area contributed by atoms with Gasteiger partial charge in [0, 0.05) is 32.1 Å². The van der Waals surface area contributed by atoms with Crippen molar-refractivity contribution in [3.8, 4) is 0 Å². The lowest BCUT2D eigenvalue weighted by molar-refractivity contribution is 0.104. The second-order valence-electron chi connectivity index (χ2n) is 4.04. The number of nitrogens with zero attached hydrogens (tertiary/aromatic N) is 1. The molecule has 1 rings (SSSR count). The van der Waals surface area contributed by atoms with Gasteiger partial charge in [-0.15, -0.1) is 0 Å². The van der Waals surface area contributed by atoms with E-state index in [-0.39, 0.29) is 15.5 Å². The molecule has 0 unspecified atom stereocenters. The minimum absolute atomic E-state index is 0.178. The number of halogens is 1. The summed E-state index contributed by atoms with van der Waals surface area (Å²) in [6, 6.07) is 6.35. The van der Waals surface area contributed by atoms with Crippen molar-refractivity contribution in [2.24, 2.45) is 0 Å². The highest BCUT2D eigenvalue weighted by Crippen LogP contribution is 2.21. The third-order valence-corrected chi connectivity index (χ3v) is 3.54. The lowest BCUT2D eigenvalue weighted by Gasteiger charge is -2.10. The summed E-state index contributed by atoms with van der Waals surface area (Å²) in [7, 11) is -0.325. The zero-order valence-electron chi connectivity index (χ0n) is 10.3. The molecule has 0 atom stereocenters. The number of sulfone groups is 1. The van der Waals surface area contributed by atoms with Gasteiger partial charge in [0.05, 0.1) is 5.02 Å². The van der Waals surface area contributed by atoms with Gasteiger partial charge >= 0.3 is 0 Å². The molecule has 0 amide bonds. The van der Waals surface area contributed by atoms with Gasteiger partial charge in [-0.2, -0.15) is 0 Å². The van der Waals surface area contributed by atoms with Crippen molar-refractivity contribution in [1.82, 2.24) is 4.90 Å². The monoisotopic (exact) mass is 287 g/mol. The number of rotatable bonds is 4. The molecule has 0 N–H and O–H groups in total. The van der Waals surface area contributed by atoms with E-state index in [1.165, 1.54) is 17.2 Å². The van der Waals surface area contributed by atoms with Crippen LogP contribution in [0.1, 0.15) is 10.4 Å². The molecule has 18 heavy (non-hydrogen) atoms. The number of ketones is 1. The predicted octanol–water partition coefficient (Wildman–Crippen LogP) is 1.97. The first kappa shape index (κ1) is 14.7. The molecular weight excluding hydrogens is 274 g/mol. The minimum Gasteiger partial charge on any atom is -0.382 e. The number of carbonyl (C=O) groups is 1. The van der Waals surface area contributed by atoms with Crippen LogP contribution in [0.25, 0.3) is 0 Å². The van der Waals surface area contributed by atoms with Crippen LogP contribution >= 0.6 is 11.6 Å². The third kappa shape index (κ3) is 3.58. The third-order valence-electron chi connectivity index (χ3n) is 2.12. The van der Waals surface area contributed by atoms with Crippen LogP contribution in [-0.4, -0.2) is 39.5 Å². The van der Waals surface area contributed by atoms with E-state index < -0.39 is 15.6 Å². The predicted molar refractivity (Wildman–Crippen MR) is 72.4 cm³/mol. The molecule has 0 fully saturated rings. The fraction of sp³-hybridized carbons (Fsp3) is 0.250. The standard InChI is InChI=1S/C12H14ClNO3S/c1-14(2)8-11(18(3,16)17)12(15)9-6-4-5-7-10(9)13/h4-8H,1-3H3/b11-8+. The van der Waals surface area contributed by atoms with Gasteiger partial charge in [-0.05, 0) is 12.1 Å². The number of Topliss-reactive ketones (excluding diaryl/α,β-unsaturated/α-hetero) is 1. The summed E-state index contributed by atoms with van der Waals surface area (Å²) in [5.41, 5.74) is 0.178. The van der Waals surface area contributed by atoms with Crippen LogP contribution in [0.3, 0.4) is 0 Å². The van der Waals surface area contributed by atoms with Crippen LogP contribution in [0.5, 0.6) is 0 Å². The van der Waals surface area contributed by atoms with Crippen molar-refractivity contribution < 1.29 is 13.2 Å². The van der Waals surface area contributed by atoms with Gasteiger partial charge in [0.1, 0.15) is 4.91 Å². The summed E-state index contributed by atoms with van der Waals surface area (Å²) >= 11 is 5.89. The summed E-state index contributed by atoms with van der Waals surface area (Å²) in [5, 5.41) is 0.232. The van der Waals surface area contributed by atoms with Crippen molar-refractivity contribution in [2.45, 2.75) is 0 Å². The van der Waals surface area contributed by atoms with Crippen molar-refractivity contribution in [2.75, 3.05) is 20.4 Å². The Bertz CT molecular complexity index is 591. The highest BCUT2D eigenvalue weighted by molar-refractivity contribution is 7.95. The minimum atomic E-state index is -3.61. The largest absolute Gasteiger partial charge is 0.382 e. The van der Waals surface area contributed by atoms with E-state index in [4.69, 9.17) is 11.6 Å². The van der Waals surface area contributed by atoms with Crippen molar-refractivity contribution in [3.63, 3.8) is 0 Å². The van der Waals surface area contributed by atoms with Crippen LogP contribution in [-0.2, 0) is 9.84 Å². The van der Waals surface area contributed by atoms with Crippen LogP contribution in [0.4, 0.5) is 0 Å². The Hall–Kier alpha value is -1.33. The second kappa shape index (κ2) is 5.54. The summed E-state index contributed by atoms with van der Waals surface area (Å²) in [6.07, 6.45) is 2.28. The quantitative estimate of drug-likeness (QED) is 0.628. The van der Waals surface area contributed by atoms with E-state index in [1.54, 1.807) is 32.3 Å². The Labute approximate surface area is 112 Å². The Balaban J connectivity index is 3.34. The number of allylic oxidation sites excluding steroid dienone is 1. The zero-order chi connectivity index (χ0) is 13.9. The molecular formula is C12H14ClNO3S. The van der Waals surface area contributed by atoms with Gasteiger partial charge in [-0.1, -0.05) is 23.7 Å². The maximum atomic E-state index is 12.2. The fourth-order valence-corrected chi connectivity index (χ4v) is 2.41. The number of hydrogen-bond acceptors (Lipinski definition) is 4. The average Bonchev–Trinajstić information content (AvgIpc) is 2.24. The van der Waals surface area contributed by atoms with Gasteiger partial charge in [-0.25, -0.2) is 8.42 Å². The Morgan fingerprint density at radius 1 is 1.28 bits per heavy atom. The lowest BCUT2D eigenvalue weighted by atomic mass is 10.1. The topological polar surface area (TPSA) is 54.5 Å². The molecule has 0 bridgehead atoms. The first-order chi connectivity index (χ1) is 8.23. The number of carbonyl (C=O) groups excluding carboxylic acids is 1. The highest BCUT2D eigenvalue weighted by atomic mass is 35.5. The molecule has 6 heteroatoms.